The normalized spacial score (nSPS) is 14.7. The largest absolute Gasteiger partial charge is 0.483 e. The fraction of sp³-hybridized carbons (Fsp3) is 0.289. The van der Waals surface area contributed by atoms with Gasteiger partial charge in [0.25, 0.3) is 21.9 Å². The van der Waals surface area contributed by atoms with Crippen LogP contribution in [0.2, 0.25) is 10.0 Å². The maximum atomic E-state index is 12.7. The van der Waals surface area contributed by atoms with E-state index in [-0.39, 0.29) is 30.8 Å². The molecule has 2 heterocycles. The molecule has 63 heavy (non-hydrogen) atoms. The Balaban J connectivity index is 0.000000210. The Morgan fingerprint density at radius 1 is 0.603 bits per heavy atom. The van der Waals surface area contributed by atoms with E-state index >= 15 is 0 Å². The number of benzene rings is 5. The van der Waals surface area contributed by atoms with Crippen LogP contribution in [0, 0.1) is 0 Å². The van der Waals surface area contributed by atoms with E-state index in [1.165, 1.54) is 12.7 Å². The minimum atomic E-state index is -4.56. The maximum absolute atomic E-state index is 12.7. The summed E-state index contributed by atoms with van der Waals surface area (Å²) in [6.07, 6.45) is 0. The van der Waals surface area contributed by atoms with Gasteiger partial charge in [-0.15, -0.1) is 0 Å². The summed E-state index contributed by atoms with van der Waals surface area (Å²) in [5.74, 6) is -2.14. The molecule has 0 unspecified atom stereocenters. The summed E-state index contributed by atoms with van der Waals surface area (Å²) in [4.78, 5) is 56.2. The number of carboxylic acids is 1. The van der Waals surface area contributed by atoms with E-state index in [9.17, 15) is 32.7 Å². The second-order valence-electron chi connectivity index (χ2n) is 14.8. The van der Waals surface area contributed by atoms with Crippen LogP contribution in [0.15, 0.2) is 108 Å². The monoisotopic (exact) mass is 920 g/mol. The number of esters is 1. The van der Waals surface area contributed by atoms with Crippen molar-refractivity contribution in [2.45, 2.75) is 18.0 Å². The summed E-state index contributed by atoms with van der Waals surface area (Å²) >= 11 is 11.8. The van der Waals surface area contributed by atoms with Crippen molar-refractivity contribution in [2.24, 2.45) is 0 Å². The molecule has 0 aliphatic carbocycles. The van der Waals surface area contributed by atoms with Crippen LogP contribution in [0.1, 0.15) is 31.8 Å². The van der Waals surface area contributed by atoms with Gasteiger partial charge in [-0.25, -0.2) is 9.59 Å². The second kappa shape index (κ2) is 21.6. The molecule has 2 amide bonds. The van der Waals surface area contributed by atoms with E-state index in [1.54, 1.807) is 21.9 Å². The van der Waals surface area contributed by atoms with Crippen LogP contribution in [0.4, 0.5) is 0 Å². The number of piperazine rings is 2. The predicted molar refractivity (Wildman–Crippen MR) is 236 cm³/mol. The predicted octanol–water partition coefficient (Wildman–Crippen LogP) is 6.01. The first-order valence-corrected chi connectivity index (χ1v) is 22.1. The van der Waals surface area contributed by atoms with Crippen molar-refractivity contribution in [1.82, 2.24) is 19.6 Å². The summed E-state index contributed by atoms with van der Waals surface area (Å²) in [6, 6.07) is 29.5. The topological polar surface area (TPSA) is 184 Å². The van der Waals surface area contributed by atoms with E-state index in [0.717, 1.165) is 65.7 Å². The van der Waals surface area contributed by atoms with Crippen molar-refractivity contribution in [3.05, 3.63) is 135 Å². The van der Waals surface area contributed by atoms with Crippen molar-refractivity contribution in [3.63, 3.8) is 0 Å². The number of hydrogen-bond donors (Lipinski definition) is 2. The van der Waals surface area contributed by atoms with Gasteiger partial charge in [0.05, 0.1) is 12.0 Å². The molecule has 0 saturated carbocycles. The lowest BCUT2D eigenvalue weighted by molar-refractivity contribution is -0.135. The Morgan fingerprint density at radius 3 is 1.51 bits per heavy atom. The number of hydrogen-bond acceptors (Lipinski definition) is 11. The van der Waals surface area contributed by atoms with E-state index in [4.69, 9.17) is 42.0 Å². The minimum absolute atomic E-state index is 0.0971. The van der Waals surface area contributed by atoms with Crippen LogP contribution in [0.3, 0.4) is 0 Å². The summed E-state index contributed by atoms with van der Waals surface area (Å²) in [6.45, 7) is 6.28. The standard InChI is InChI=1S/C25H25ClN2O4.C20H21ClN2O7S/c1-31-25(30)22-14-19-4-2-3-5-20(19)15-23(22)32-17-24(29)28-12-10-27(11-13-28)16-18-6-8-21(26)9-7-18;21-15-3-1-14(2-4-15)12-22-7-9-23(10-8-22)19(24)13-30-18-6-5-16(31(27,28)29)11-17(18)20(25)26/h2-9,14-15H,10-13,16-17H2,1H3;1-6,11H,7-10,12-13H2,(H,25,26)(H,27,28,29). The molecule has 18 heteroatoms. The number of carbonyl (C=O) groups is 4. The van der Waals surface area contributed by atoms with E-state index in [2.05, 4.69) is 9.80 Å². The number of nitrogens with zero attached hydrogens (tertiary/aromatic N) is 4. The lowest BCUT2D eigenvalue weighted by Gasteiger charge is -2.34. The molecule has 2 saturated heterocycles. The van der Waals surface area contributed by atoms with Crippen molar-refractivity contribution in [3.8, 4) is 11.5 Å². The first-order chi connectivity index (χ1) is 30.2. The zero-order chi connectivity index (χ0) is 45.1. The number of amides is 2. The highest BCUT2D eigenvalue weighted by Crippen LogP contribution is 2.27. The van der Waals surface area contributed by atoms with Crippen molar-refractivity contribution < 1.29 is 51.5 Å². The number of rotatable bonds is 13. The van der Waals surface area contributed by atoms with Gasteiger partial charge in [-0.3, -0.25) is 23.9 Å². The number of carbonyl (C=O) groups excluding carboxylic acids is 3. The van der Waals surface area contributed by atoms with Crippen LogP contribution >= 0.6 is 23.2 Å². The molecule has 2 fully saturated rings. The van der Waals surface area contributed by atoms with Crippen molar-refractivity contribution in [2.75, 3.05) is 72.7 Å². The molecule has 0 radical (unpaired) electrons. The average molecular weight is 922 g/mol. The molecule has 2 N–H and O–H groups in total. The first kappa shape index (κ1) is 46.7. The molecule has 7 rings (SSSR count). The molecule has 0 atom stereocenters. The number of halogens is 2. The Labute approximate surface area is 375 Å². The van der Waals surface area contributed by atoms with Gasteiger partial charge in [-0.2, -0.15) is 8.42 Å². The fourth-order valence-electron chi connectivity index (χ4n) is 7.04. The third-order valence-corrected chi connectivity index (χ3v) is 11.9. The zero-order valence-electron chi connectivity index (χ0n) is 34.3. The van der Waals surface area contributed by atoms with Crippen molar-refractivity contribution in [1.29, 1.82) is 0 Å². The van der Waals surface area contributed by atoms with Gasteiger partial charge < -0.3 is 29.1 Å². The van der Waals surface area contributed by atoms with Gasteiger partial charge in [0.2, 0.25) is 0 Å². The first-order valence-electron chi connectivity index (χ1n) is 19.9. The third kappa shape index (κ3) is 13.1. The number of methoxy groups -OCH3 is 1. The van der Waals surface area contributed by atoms with E-state index in [0.29, 0.717) is 55.6 Å². The van der Waals surface area contributed by atoms with Crippen LogP contribution in [0.25, 0.3) is 10.8 Å². The SMILES string of the molecule is COC(=O)c1cc2ccccc2cc1OCC(=O)N1CCN(Cc2ccc(Cl)cc2)CC1.O=C(O)c1cc(S(=O)(=O)O)ccc1OCC(=O)N1CCN(Cc2ccc(Cl)cc2)CC1. The lowest BCUT2D eigenvalue weighted by Crippen LogP contribution is -2.49. The van der Waals surface area contributed by atoms with Crippen molar-refractivity contribution >= 4 is 67.8 Å². The van der Waals surface area contributed by atoms with Crippen LogP contribution in [-0.2, 0) is 37.5 Å². The fourth-order valence-corrected chi connectivity index (χ4v) is 7.80. The Bertz CT molecular complexity index is 2530. The van der Waals surface area contributed by atoms with Gasteiger partial charge in [0, 0.05) is 75.5 Å². The molecule has 2 aliphatic rings. The highest BCUT2D eigenvalue weighted by Gasteiger charge is 2.25. The molecule has 15 nitrogen and oxygen atoms in total. The zero-order valence-corrected chi connectivity index (χ0v) is 36.7. The summed E-state index contributed by atoms with van der Waals surface area (Å²) in [5, 5.41) is 12.5. The number of fused-ring (bicyclic) bond motifs is 1. The van der Waals surface area contributed by atoms with Gasteiger partial charge in [0.1, 0.15) is 22.6 Å². The highest BCUT2D eigenvalue weighted by atomic mass is 35.5. The van der Waals surface area contributed by atoms with Crippen LogP contribution < -0.4 is 9.47 Å². The molecule has 0 aromatic heterocycles. The summed E-state index contributed by atoms with van der Waals surface area (Å²) in [5.41, 5.74) is 2.17. The second-order valence-corrected chi connectivity index (χ2v) is 17.1. The molecule has 0 spiro atoms. The molecule has 5 aromatic carbocycles. The van der Waals surface area contributed by atoms with Gasteiger partial charge in [-0.1, -0.05) is 71.7 Å². The Hall–Kier alpha value is -5.75. The smallest absolute Gasteiger partial charge is 0.341 e. The summed E-state index contributed by atoms with van der Waals surface area (Å²) < 4.78 is 47.5. The Morgan fingerprint density at radius 2 is 1.06 bits per heavy atom. The quantitative estimate of drug-likeness (QED) is 0.104. The van der Waals surface area contributed by atoms with Crippen LogP contribution in [0.5, 0.6) is 11.5 Å². The number of carboxylic acid groups (broad SMARTS) is 1. The van der Waals surface area contributed by atoms with E-state index in [1.807, 2.05) is 72.8 Å². The van der Waals surface area contributed by atoms with Gasteiger partial charge in [0.15, 0.2) is 13.2 Å². The molecule has 0 bridgehead atoms. The number of ether oxygens (including phenoxy) is 3. The lowest BCUT2D eigenvalue weighted by atomic mass is 10.1. The third-order valence-electron chi connectivity index (χ3n) is 10.5. The average Bonchev–Trinajstić information content (AvgIpc) is 3.28. The maximum Gasteiger partial charge on any atom is 0.341 e. The number of aromatic carboxylic acids is 1. The Kier molecular flexibility index (Phi) is 16.0. The van der Waals surface area contributed by atoms with Crippen LogP contribution in [-0.4, -0.2) is 134 Å². The molecular weight excluding hydrogens is 875 g/mol. The van der Waals surface area contributed by atoms with Gasteiger partial charge in [-0.05, 0) is 76.5 Å². The molecule has 5 aromatic rings. The molecule has 332 valence electrons. The molecular formula is C45H46Cl2N4O11S. The summed E-state index contributed by atoms with van der Waals surface area (Å²) in [7, 11) is -3.23. The highest BCUT2D eigenvalue weighted by molar-refractivity contribution is 7.85. The molecule has 2 aliphatic heterocycles. The van der Waals surface area contributed by atoms with Gasteiger partial charge >= 0.3 is 11.9 Å². The van der Waals surface area contributed by atoms with E-state index < -0.39 is 32.5 Å². The minimum Gasteiger partial charge on any atom is -0.483 e.